The lowest BCUT2D eigenvalue weighted by atomic mass is 9.85. The molecule has 1 atom stereocenters. The fraction of sp³-hybridized carbons (Fsp3) is 0.304. The fourth-order valence-corrected chi connectivity index (χ4v) is 4.52. The van der Waals surface area contributed by atoms with E-state index in [2.05, 4.69) is 5.10 Å². The van der Waals surface area contributed by atoms with Crippen LogP contribution in [0.1, 0.15) is 33.2 Å². The number of ether oxygens (including phenoxy) is 3. The van der Waals surface area contributed by atoms with E-state index < -0.39 is 0 Å². The number of rotatable bonds is 4. The minimum Gasteiger partial charge on any atom is -0.497 e. The first-order valence-corrected chi connectivity index (χ1v) is 9.91. The van der Waals surface area contributed by atoms with Gasteiger partial charge < -0.3 is 19.1 Å². The highest BCUT2D eigenvalue weighted by molar-refractivity contribution is 5.97. The summed E-state index contributed by atoms with van der Waals surface area (Å²) in [5, 5.41) is 4.53. The van der Waals surface area contributed by atoms with E-state index in [4.69, 9.17) is 14.2 Å². The Labute approximate surface area is 174 Å². The lowest BCUT2D eigenvalue weighted by Gasteiger charge is -2.40. The number of carbonyl (C=O) groups excluding carboxylic acids is 1. The number of methoxy groups -OCH3 is 3. The van der Waals surface area contributed by atoms with Crippen molar-refractivity contribution in [1.82, 2.24) is 14.7 Å². The summed E-state index contributed by atoms with van der Waals surface area (Å²) >= 11 is 0. The van der Waals surface area contributed by atoms with Crippen molar-refractivity contribution in [2.75, 3.05) is 27.9 Å². The maximum absolute atomic E-state index is 13.3. The van der Waals surface area contributed by atoms with Gasteiger partial charge in [0, 0.05) is 13.0 Å². The maximum atomic E-state index is 13.3. The molecule has 7 nitrogen and oxygen atoms in total. The number of hydrogen-bond donors (Lipinski definition) is 0. The number of amides is 1. The van der Waals surface area contributed by atoms with Gasteiger partial charge in [0.05, 0.1) is 50.5 Å². The Morgan fingerprint density at radius 2 is 1.73 bits per heavy atom. The Hall–Kier alpha value is -3.48. The Balaban J connectivity index is 1.58. The van der Waals surface area contributed by atoms with Crippen molar-refractivity contribution in [3.05, 3.63) is 65.0 Å². The van der Waals surface area contributed by atoms with E-state index in [0.717, 1.165) is 34.9 Å². The second kappa shape index (κ2) is 7.09. The van der Waals surface area contributed by atoms with Crippen LogP contribution >= 0.6 is 0 Å². The number of fused-ring (bicyclic) bond motifs is 4. The van der Waals surface area contributed by atoms with E-state index in [0.29, 0.717) is 24.3 Å². The molecule has 0 saturated carbocycles. The summed E-state index contributed by atoms with van der Waals surface area (Å²) in [6.07, 6.45) is 3.16. The van der Waals surface area contributed by atoms with Crippen molar-refractivity contribution in [1.29, 1.82) is 0 Å². The SMILES string of the molecule is COc1ccc(-n2ncc3c2CC2c4cc(OC)c(OC)cc4CCN2C3=O)cc1. The largest absolute Gasteiger partial charge is 0.497 e. The van der Waals surface area contributed by atoms with E-state index in [1.807, 2.05) is 46.0 Å². The van der Waals surface area contributed by atoms with Crippen LogP contribution in [0.15, 0.2) is 42.6 Å². The second-order valence-corrected chi connectivity index (χ2v) is 7.49. The highest BCUT2D eigenvalue weighted by Gasteiger charge is 2.39. The molecule has 3 aromatic rings. The molecule has 1 unspecified atom stereocenters. The maximum Gasteiger partial charge on any atom is 0.257 e. The molecular formula is C23H23N3O4. The van der Waals surface area contributed by atoms with Crippen molar-refractivity contribution in [3.8, 4) is 22.9 Å². The van der Waals surface area contributed by atoms with Crippen molar-refractivity contribution in [3.63, 3.8) is 0 Å². The van der Waals surface area contributed by atoms with Gasteiger partial charge in [-0.15, -0.1) is 0 Å². The number of carbonyl (C=O) groups is 1. The lowest BCUT2D eigenvalue weighted by molar-refractivity contribution is 0.0629. The van der Waals surface area contributed by atoms with E-state index in [9.17, 15) is 4.79 Å². The van der Waals surface area contributed by atoms with Gasteiger partial charge in [-0.2, -0.15) is 5.10 Å². The quantitative estimate of drug-likeness (QED) is 0.667. The molecule has 154 valence electrons. The van der Waals surface area contributed by atoms with Crippen LogP contribution in [0.4, 0.5) is 0 Å². The minimum absolute atomic E-state index is 0.0291. The van der Waals surface area contributed by atoms with Gasteiger partial charge in [-0.05, 0) is 53.9 Å². The third kappa shape index (κ3) is 2.73. The summed E-state index contributed by atoms with van der Waals surface area (Å²) in [6.45, 7) is 0.680. The molecule has 7 heteroatoms. The van der Waals surface area contributed by atoms with Crippen molar-refractivity contribution >= 4 is 5.91 Å². The Morgan fingerprint density at radius 1 is 1.00 bits per heavy atom. The predicted octanol–water partition coefficient (Wildman–Crippen LogP) is 3.19. The van der Waals surface area contributed by atoms with Crippen LogP contribution in [0.25, 0.3) is 5.69 Å². The highest BCUT2D eigenvalue weighted by atomic mass is 16.5. The zero-order chi connectivity index (χ0) is 20.8. The van der Waals surface area contributed by atoms with Crippen LogP contribution in [0, 0.1) is 0 Å². The molecule has 1 aromatic heterocycles. The Morgan fingerprint density at radius 3 is 2.43 bits per heavy atom. The summed E-state index contributed by atoms with van der Waals surface area (Å²) in [5.74, 6) is 2.21. The van der Waals surface area contributed by atoms with Crippen LogP contribution in [-0.2, 0) is 12.8 Å². The van der Waals surface area contributed by atoms with E-state index >= 15 is 0 Å². The normalized spacial score (nSPS) is 17.1. The van der Waals surface area contributed by atoms with Gasteiger partial charge >= 0.3 is 0 Å². The van der Waals surface area contributed by atoms with Gasteiger partial charge in [-0.25, -0.2) is 4.68 Å². The van der Waals surface area contributed by atoms with Gasteiger partial charge in [-0.3, -0.25) is 4.79 Å². The summed E-state index contributed by atoms with van der Waals surface area (Å²) in [7, 11) is 4.92. The molecule has 2 aliphatic heterocycles. The van der Waals surface area contributed by atoms with Crippen molar-refractivity contribution in [2.45, 2.75) is 18.9 Å². The summed E-state index contributed by atoms with van der Waals surface area (Å²) in [4.78, 5) is 15.2. The number of aromatic nitrogens is 2. The lowest BCUT2D eigenvalue weighted by Crippen LogP contribution is -2.44. The number of hydrogen-bond acceptors (Lipinski definition) is 5. The molecule has 0 saturated heterocycles. The van der Waals surface area contributed by atoms with Gasteiger partial charge in [0.15, 0.2) is 11.5 Å². The third-order valence-corrected chi connectivity index (χ3v) is 6.07. The van der Waals surface area contributed by atoms with Crippen LogP contribution in [0.3, 0.4) is 0 Å². The molecule has 0 aliphatic carbocycles. The van der Waals surface area contributed by atoms with Crippen LogP contribution in [0.2, 0.25) is 0 Å². The first kappa shape index (κ1) is 18.5. The molecule has 5 rings (SSSR count). The van der Waals surface area contributed by atoms with Crippen LogP contribution < -0.4 is 14.2 Å². The molecule has 2 aromatic carbocycles. The molecule has 0 N–H and O–H groups in total. The van der Waals surface area contributed by atoms with Crippen molar-refractivity contribution < 1.29 is 19.0 Å². The van der Waals surface area contributed by atoms with Gasteiger partial charge in [-0.1, -0.05) is 0 Å². The topological polar surface area (TPSA) is 65.8 Å². The predicted molar refractivity (Wildman–Crippen MR) is 111 cm³/mol. The smallest absolute Gasteiger partial charge is 0.257 e. The summed E-state index contributed by atoms with van der Waals surface area (Å²) < 4.78 is 18.1. The standard InChI is InChI=1S/C23H23N3O4/c1-28-16-6-4-15(5-7-16)26-20-12-19-17-11-22(30-3)21(29-2)10-14(17)8-9-25(19)23(27)18(20)13-24-26/h4-7,10-11,13,19H,8-9,12H2,1-3H3. The van der Waals surface area contributed by atoms with Crippen molar-refractivity contribution in [2.24, 2.45) is 0 Å². The van der Waals surface area contributed by atoms with Gasteiger partial charge in [0.2, 0.25) is 0 Å². The average molecular weight is 405 g/mol. The van der Waals surface area contributed by atoms with Crippen LogP contribution in [0.5, 0.6) is 17.2 Å². The molecule has 30 heavy (non-hydrogen) atoms. The zero-order valence-electron chi connectivity index (χ0n) is 17.2. The highest BCUT2D eigenvalue weighted by Crippen LogP contribution is 2.42. The Kier molecular flexibility index (Phi) is 4.38. The fourth-order valence-electron chi connectivity index (χ4n) is 4.52. The first-order valence-electron chi connectivity index (χ1n) is 9.91. The molecule has 1 amide bonds. The molecule has 0 radical (unpaired) electrons. The zero-order valence-corrected chi connectivity index (χ0v) is 17.2. The van der Waals surface area contributed by atoms with Gasteiger partial charge in [0.25, 0.3) is 5.91 Å². The summed E-state index contributed by atoms with van der Waals surface area (Å²) in [5.41, 5.74) is 4.81. The monoisotopic (exact) mass is 405 g/mol. The molecule has 0 fully saturated rings. The average Bonchev–Trinajstić information content (AvgIpc) is 3.22. The third-order valence-electron chi connectivity index (χ3n) is 6.07. The van der Waals surface area contributed by atoms with E-state index in [1.54, 1.807) is 27.5 Å². The molecular weight excluding hydrogens is 382 g/mol. The van der Waals surface area contributed by atoms with E-state index in [1.165, 1.54) is 5.56 Å². The number of nitrogens with zero attached hydrogens (tertiary/aromatic N) is 3. The van der Waals surface area contributed by atoms with Crippen LogP contribution in [-0.4, -0.2) is 48.5 Å². The first-order chi connectivity index (χ1) is 14.6. The number of benzene rings is 2. The summed E-state index contributed by atoms with van der Waals surface area (Å²) in [6, 6.07) is 11.7. The van der Waals surface area contributed by atoms with E-state index in [-0.39, 0.29) is 11.9 Å². The Bertz CT molecular complexity index is 1120. The second-order valence-electron chi connectivity index (χ2n) is 7.49. The minimum atomic E-state index is -0.0535. The molecule has 3 heterocycles. The molecule has 0 spiro atoms. The molecule has 2 aliphatic rings. The van der Waals surface area contributed by atoms with Gasteiger partial charge in [0.1, 0.15) is 5.75 Å². The molecule has 0 bridgehead atoms.